The van der Waals surface area contributed by atoms with E-state index >= 15 is 0 Å². The van der Waals surface area contributed by atoms with Crippen LogP contribution in [0, 0.1) is 24.1 Å². The Balaban J connectivity index is 1.49. The summed E-state index contributed by atoms with van der Waals surface area (Å²) in [6.07, 6.45) is -0.925. The van der Waals surface area contributed by atoms with E-state index in [0.29, 0.717) is 23.2 Å². The first-order valence-corrected chi connectivity index (χ1v) is 10.8. The van der Waals surface area contributed by atoms with Crippen LogP contribution in [0.5, 0.6) is 0 Å². The summed E-state index contributed by atoms with van der Waals surface area (Å²) < 4.78 is 19.0. The lowest BCUT2D eigenvalue weighted by molar-refractivity contribution is -0.131. The van der Waals surface area contributed by atoms with Crippen LogP contribution >= 0.6 is 0 Å². The second-order valence-electron chi connectivity index (χ2n) is 8.30. The molecule has 1 amide bonds. The van der Waals surface area contributed by atoms with E-state index in [9.17, 15) is 19.1 Å². The van der Waals surface area contributed by atoms with Crippen molar-refractivity contribution in [3.8, 4) is 17.2 Å². The number of nitriles is 1. The van der Waals surface area contributed by atoms with Crippen molar-refractivity contribution in [3.63, 3.8) is 0 Å². The van der Waals surface area contributed by atoms with Crippen LogP contribution in [0.1, 0.15) is 51.2 Å². The number of halogens is 1. The number of aliphatic hydroxyl groups excluding tert-OH is 1. The summed E-state index contributed by atoms with van der Waals surface area (Å²) in [6.45, 7) is 3.85. The molecule has 7 heteroatoms. The maximum Gasteiger partial charge on any atom is 0.338 e. The number of benzene rings is 3. The maximum atomic E-state index is 13.9. The van der Waals surface area contributed by atoms with E-state index < -0.39 is 11.9 Å². The van der Waals surface area contributed by atoms with Crippen LogP contribution < -0.4 is 0 Å². The summed E-state index contributed by atoms with van der Waals surface area (Å²) in [4.78, 5) is 25.6. The fourth-order valence-electron chi connectivity index (χ4n) is 4.15. The Kier molecular flexibility index (Phi) is 6.44. The van der Waals surface area contributed by atoms with Crippen molar-refractivity contribution in [1.82, 2.24) is 4.90 Å². The average molecular weight is 458 g/mol. The molecule has 0 aliphatic carbocycles. The van der Waals surface area contributed by atoms with Crippen LogP contribution in [-0.2, 0) is 22.7 Å². The van der Waals surface area contributed by atoms with Gasteiger partial charge in [0.15, 0.2) is 0 Å². The number of hydrogen-bond acceptors (Lipinski definition) is 5. The number of carbonyl (C=O) groups excluding carboxylic acids is 2. The quantitative estimate of drug-likeness (QED) is 0.552. The number of amides is 1. The lowest BCUT2D eigenvalue weighted by Crippen LogP contribution is -2.32. The van der Waals surface area contributed by atoms with Crippen LogP contribution in [0.15, 0.2) is 54.6 Å². The number of aliphatic hydroxyl groups is 1. The van der Waals surface area contributed by atoms with Gasteiger partial charge in [-0.05, 0) is 52.9 Å². The monoisotopic (exact) mass is 458 g/mol. The summed E-state index contributed by atoms with van der Waals surface area (Å²) >= 11 is 0. The molecule has 1 heterocycles. The molecule has 34 heavy (non-hydrogen) atoms. The fourth-order valence-corrected chi connectivity index (χ4v) is 4.15. The first kappa shape index (κ1) is 23.1. The largest absolute Gasteiger partial charge is 0.457 e. The standard InChI is InChI=1S/C27H23FN2O4/c1-16-22(9-10-23-24(16)15-34-27(23)33)26(32)14-30(17(2)31)13-18-3-5-19(6-4-18)20-7-8-21(12-29)25(28)11-20/h3-11,26,32H,13-15H2,1-2H3. The van der Waals surface area contributed by atoms with E-state index in [4.69, 9.17) is 10.00 Å². The minimum Gasteiger partial charge on any atom is -0.457 e. The molecule has 1 aliphatic rings. The third-order valence-electron chi connectivity index (χ3n) is 6.16. The van der Waals surface area contributed by atoms with Crippen LogP contribution in [0.2, 0.25) is 0 Å². The number of nitrogens with zero attached hydrogens (tertiary/aromatic N) is 2. The predicted molar refractivity (Wildman–Crippen MR) is 123 cm³/mol. The van der Waals surface area contributed by atoms with E-state index in [0.717, 1.165) is 22.3 Å². The highest BCUT2D eigenvalue weighted by molar-refractivity contribution is 5.94. The zero-order valence-electron chi connectivity index (χ0n) is 18.8. The summed E-state index contributed by atoms with van der Waals surface area (Å²) in [7, 11) is 0. The zero-order chi connectivity index (χ0) is 24.4. The van der Waals surface area contributed by atoms with Crippen molar-refractivity contribution in [2.45, 2.75) is 33.1 Å². The van der Waals surface area contributed by atoms with E-state index in [1.54, 1.807) is 29.2 Å². The van der Waals surface area contributed by atoms with Crippen molar-refractivity contribution in [1.29, 1.82) is 5.26 Å². The highest BCUT2D eigenvalue weighted by Gasteiger charge is 2.26. The number of hydrogen-bond donors (Lipinski definition) is 1. The highest BCUT2D eigenvalue weighted by Crippen LogP contribution is 2.30. The lowest BCUT2D eigenvalue weighted by Gasteiger charge is -2.25. The number of carbonyl (C=O) groups is 2. The normalized spacial score (nSPS) is 13.1. The Morgan fingerprint density at radius 1 is 1.18 bits per heavy atom. The molecule has 4 rings (SSSR count). The first-order valence-electron chi connectivity index (χ1n) is 10.8. The zero-order valence-corrected chi connectivity index (χ0v) is 18.8. The van der Waals surface area contributed by atoms with E-state index in [1.807, 2.05) is 31.2 Å². The molecule has 0 saturated carbocycles. The van der Waals surface area contributed by atoms with Crippen molar-refractivity contribution < 1.29 is 23.8 Å². The van der Waals surface area contributed by atoms with Gasteiger partial charge in [-0.15, -0.1) is 0 Å². The van der Waals surface area contributed by atoms with Gasteiger partial charge >= 0.3 is 5.97 Å². The Hall–Kier alpha value is -4.02. The predicted octanol–water partition coefficient (Wildman–Crippen LogP) is 4.43. The Bertz CT molecular complexity index is 1310. The van der Waals surface area contributed by atoms with Crippen LogP contribution in [0.3, 0.4) is 0 Å². The molecular weight excluding hydrogens is 435 g/mol. The van der Waals surface area contributed by atoms with Crippen molar-refractivity contribution in [3.05, 3.63) is 93.8 Å². The molecule has 0 fully saturated rings. The van der Waals surface area contributed by atoms with Crippen LogP contribution in [0.4, 0.5) is 4.39 Å². The second kappa shape index (κ2) is 9.46. The first-order chi connectivity index (χ1) is 16.3. The summed E-state index contributed by atoms with van der Waals surface area (Å²) in [5, 5.41) is 19.8. The number of cyclic esters (lactones) is 1. The summed E-state index contributed by atoms with van der Waals surface area (Å²) in [5.41, 5.74) is 5.01. The minimum absolute atomic E-state index is 0.00578. The number of esters is 1. The van der Waals surface area contributed by atoms with Crippen LogP contribution in [-0.4, -0.2) is 28.4 Å². The molecule has 172 valence electrons. The number of rotatable bonds is 6. The molecule has 3 aromatic carbocycles. The van der Waals surface area contributed by atoms with Crippen molar-refractivity contribution >= 4 is 11.9 Å². The lowest BCUT2D eigenvalue weighted by atomic mass is 9.95. The van der Waals surface area contributed by atoms with Crippen LogP contribution in [0.25, 0.3) is 11.1 Å². The molecule has 0 aromatic heterocycles. The molecular formula is C27H23FN2O4. The van der Waals surface area contributed by atoms with E-state index in [1.165, 1.54) is 19.1 Å². The molecule has 6 nitrogen and oxygen atoms in total. The van der Waals surface area contributed by atoms with Gasteiger partial charge in [-0.2, -0.15) is 5.26 Å². The maximum absolute atomic E-state index is 13.9. The molecule has 0 saturated heterocycles. The Morgan fingerprint density at radius 3 is 2.53 bits per heavy atom. The fraction of sp³-hybridized carbons (Fsp3) is 0.222. The topological polar surface area (TPSA) is 90.6 Å². The second-order valence-corrected chi connectivity index (χ2v) is 8.30. The minimum atomic E-state index is -0.925. The third-order valence-corrected chi connectivity index (χ3v) is 6.16. The Labute approximate surface area is 196 Å². The molecule has 3 aromatic rings. The van der Waals surface area contributed by atoms with Gasteiger partial charge in [0, 0.05) is 19.0 Å². The van der Waals surface area contributed by atoms with Gasteiger partial charge in [0.2, 0.25) is 5.91 Å². The summed E-state index contributed by atoms with van der Waals surface area (Å²) in [5.74, 6) is -1.12. The van der Waals surface area contributed by atoms with E-state index in [2.05, 4.69) is 0 Å². The molecule has 1 atom stereocenters. The van der Waals surface area contributed by atoms with Gasteiger partial charge in [0.05, 0.1) is 23.8 Å². The van der Waals surface area contributed by atoms with Gasteiger partial charge in [-0.1, -0.05) is 36.4 Å². The molecule has 0 spiro atoms. The smallest absolute Gasteiger partial charge is 0.338 e. The van der Waals surface area contributed by atoms with Crippen molar-refractivity contribution in [2.24, 2.45) is 0 Å². The van der Waals surface area contributed by atoms with Gasteiger partial charge < -0.3 is 14.7 Å². The van der Waals surface area contributed by atoms with Gasteiger partial charge in [0.1, 0.15) is 18.5 Å². The molecule has 1 N–H and O–H groups in total. The van der Waals surface area contributed by atoms with Gasteiger partial charge in [0.25, 0.3) is 0 Å². The molecule has 1 unspecified atom stereocenters. The number of fused-ring (bicyclic) bond motifs is 1. The third kappa shape index (κ3) is 4.54. The average Bonchev–Trinajstić information content (AvgIpc) is 3.20. The van der Waals surface area contributed by atoms with Gasteiger partial charge in [-0.3, -0.25) is 4.79 Å². The molecule has 0 radical (unpaired) electrons. The van der Waals surface area contributed by atoms with Gasteiger partial charge in [-0.25, -0.2) is 9.18 Å². The van der Waals surface area contributed by atoms with Crippen molar-refractivity contribution in [2.75, 3.05) is 6.54 Å². The molecule has 1 aliphatic heterocycles. The van der Waals surface area contributed by atoms with E-state index in [-0.39, 0.29) is 30.6 Å². The SMILES string of the molecule is CC(=O)N(Cc1ccc(-c2ccc(C#N)c(F)c2)cc1)CC(O)c1ccc2c(c1C)COC2=O. The summed E-state index contributed by atoms with van der Waals surface area (Å²) in [6, 6.07) is 17.0. The number of ether oxygens (including phenoxy) is 1. The Morgan fingerprint density at radius 2 is 1.88 bits per heavy atom. The highest BCUT2D eigenvalue weighted by atomic mass is 19.1. The molecule has 0 bridgehead atoms.